The molecule has 4 nitrogen and oxygen atoms in total. The quantitative estimate of drug-likeness (QED) is 0.560. The molecule has 0 spiro atoms. The van der Waals surface area contributed by atoms with Gasteiger partial charge in [0, 0.05) is 12.7 Å². The minimum atomic E-state index is -0.144. The maximum Gasteiger partial charge on any atom is 0.102 e. The second-order valence-electron chi connectivity index (χ2n) is 13.0. The van der Waals surface area contributed by atoms with Crippen LogP contribution in [-0.2, 0) is 6.54 Å². The number of hydrogen-bond acceptors (Lipinski definition) is 3. The van der Waals surface area contributed by atoms with Crippen LogP contribution < -0.4 is 0 Å². The van der Waals surface area contributed by atoms with Crippen molar-refractivity contribution in [3.05, 3.63) is 18.0 Å². The van der Waals surface area contributed by atoms with Crippen molar-refractivity contribution in [1.82, 2.24) is 9.78 Å². The number of nitriles is 1. The number of aromatic nitrogens is 2. The van der Waals surface area contributed by atoms with E-state index < -0.39 is 0 Å². The van der Waals surface area contributed by atoms with E-state index in [2.05, 4.69) is 38.9 Å². The first kappa shape index (κ1) is 23.4. The summed E-state index contributed by atoms with van der Waals surface area (Å²) in [5, 5.41) is 25.3. The van der Waals surface area contributed by atoms with Gasteiger partial charge in [0.1, 0.15) is 6.07 Å². The maximum atomic E-state index is 11.8. The Bertz CT molecular complexity index is 888. The molecular formula is C29H45N3O. The van der Waals surface area contributed by atoms with Gasteiger partial charge in [-0.3, -0.25) is 4.68 Å². The van der Waals surface area contributed by atoms with Crippen molar-refractivity contribution in [2.24, 2.45) is 52.3 Å². The fraction of sp³-hybridized carbons (Fsp3) is 0.862. The highest BCUT2D eigenvalue weighted by atomic mass is 16.3. The van der Waals surface area contributed by atoms with E-state index in [0.29, 0.717) is 34.7 Å². The van der Waals surface area contributed by atoms with Crippen molar-refractivity contribution < 1.29 is 5.11 Å². The van der Waals surface area contributed by atoms with Crippen LogP contribution in [0.3, 0.4) is 0 Å². The first-order chi connectivity index (χ1) is 15.8. The summed E-state index contributed by atoms with van der Waals surface area (Å²) in [5.74, 6) is 4.86. The van der Waals surface area contributed by atoms with Crippen LogP contribution in [0.25, 0.3) is 0 Å². The van der Waals surface area contributed by atoms with Gasteiger partial charge in [-0.2, -0.15) is 10.4 Å². The van der Waals surface area contributed by atoms with E-state index in [0.717, 1.165) is 30.7 Å². The third-order valence-corrected chi connectivity index (χ3v) is 11.4. The van der Waals surface area contributed by atoms with Gasteiger partial charge in [0.05, 0.1) is 17.9 Å². The average Bonchev–Trinajstić information content (AvgIpc) is 3.37. The van der Waals surface area contributed by atoms with Gasteiger partial charge in [-0.15, -0.1) is 0 Å². The minimum Gasteiger partial charge on any atom is -0.393 e. The predicted octanol–water partition coefficient (Wildman–Crippen LogP) is 6.44. The summed E-state index contributed by atoms with van der Waals surface area (Å²) in [5.41, 5.74) is 1.22. The lowest BCUT2D eigenvalue weighted by Gasteiger charge is -2.63. The Morgan fingerprint density at radius 3 is 2.76 bits per heavy atom. The minimum absolute atomic E-state index is 0.144. The predicted molar refractivity (Wildman–Crippen MR) is 131 cm³/mol. The number of rotatable bonds is 5. The molecule has 0 bridgehead atoms. The standard InChI is InChI=1S/C29H45N3O/c1-5-6-20-11-12-28(3)22(13-20)7-8-23-25-10-9-24(29(25,4)14-26(33)27(23)28)19(2)17-32-18-21(15-30)16-31-32/h16,18-20,22-27,33H,5-14,17H2,1-4H3/t19-,20+,22-,23+,24?,25?,26+,27?,28+,29-/m1/s1. The number of hydrogen-bond donors (Lipinski definition) is 1. The summed E-state index contributed by atoms with van der Waals surface area (Å²) < 4.78 is 1.96. The van der Waals surface area contributed by atoms with E-state index in [1.54, 1.807) is 6.20 Å². The molecule has 0 saturated heterocycles. The lowest BCUT2D eigenvalue weighted by Crippen LogP contribution is -2.59. The number of aliphatic hydroxyl groups is 1. The first-order valence-corrected chi connectivity index (χ1v) is 13.9. The Labute approximate surface area is 201 Å². The monoisotopic (exact) mass is 451 g/mol. The molecule has 4 saturated carbocycles. The van der Waals surface area contributed by atoms with Gasteiger partial charge in [-0.25, -0.2) is 0 Å². The second kappa shape index (κ2) is 8.71. The van der Waals surface area contributed by atoms with E-state index in [1.807, 2.05) is 10.9 Å². The second-order valence-corrected chi connectivity index (χ2v) is 13.0. The van der Waals surface area contributed by atoms with Crippen molar-refractivity contribution >= 4 is 0 Å². The summed E-state index contributed by atoms with van der Waals surface area (Å²) >= 11 is 0. The molecular weight excluding hydrogens is 406 g/mol. The highest BCUT2D eigenvalue weighted by molar-refractivity contribution is 5.21. The van der Waals surface area contributed by atoms with Gasteiger partial charge in [-0.1, -0.05) is 40.5 Å². The van der Waals surface area contributed by atoms with Gasteiger partial charge < -0.3 is 5.11 Å². The van der Waals surface area contributed by atoms with E-state index in [-0.39, 0.29) is 11.5 Å². The first-order valence-electron chi connectivity index (χ1n) is 13.9. The molecule has 1 aromatic rings. The van der Waals surface area contributed by atoms with Crippen LogP contribution in [0.15, 0.2) is 12.4 Å². The molecule has 4 aliphatic carbocycles. The summed E-state index contributed by atoms with van der Waals surface area (Å²) in [6.45, 7) is 10.7. The molecule has 3 unspecified atom stereocenters. The molecule has 0 aliphatic heterocycles. The largest absolute Gasteiger partial charge is 0.393 e. The normalized spacial score (nSPS) is 45.5. The summed E-state index contributed by atoms with van der Waals surface area (Å²) in [7, 11) is 0. The maximum absolute atomic E-state index is 11.8. The Balaban J connectivity index is 1.34. The molecule has 10 atom stereocenters. The Morgan fingerprint density at radius 2 is 2.03 bits per heavy atom. The van der Waals surface area contributed by atoms with Gasteiger partial charge >= 0.3 is 0 Å². The third-order valence-electron chi connectivity index (χ3n) is 11.4. The van der Waals surface area contributed by atoms with Crippen LogP contribution in [0.4, 0.5) is 0 Å². The fourth-order valence-electron chi connectivity index (χ4n) is 10.1. The SMILES string of the molecule is CCC[C@H]1CC[C@]2(C)C3[C@@H](CC[C@@H]2C1)C1CCC([C@H](C)Cn2cc(C#N)cn2)[C@@]1(C)C[C@@H]3O. The lowest BCUT2D eigenvalue weighted by molar-refractivity contribution is -0.176. The van der Waals surface area contributed by atoms with Crippen LogP contribution in [0.1, 0.15) is 97.5 Å². The summed E-state index contributed by atoms with van der Waals surface area (Å²) in [4.78, 5) is 0. The zero-order valence-electron chi connectivity index (χ0n) is 21.3. The number of aliphatic hydroxyl groups excluding tert-OH is 1. The van der Waals surface area contributed by atoms with Crippen molar-refractivity contribution in [2.45, 2.75) is 105 Å². The van der Waals surface area contributed by atoms with E-state index in [4.69, 9.17) is 5.26 Å². The van der Waals surface area contributed by atoms with Crippen LogP contribution in [0.2, 0.25) is 0 Å². The van der Waals surface area contributed by atoms with E-state index >= 15 is 0 Å². The summed E-state index contributed by atoms with van der Waals surface area (Å²) in [6.07, 6.45) is 16.6. The van der Waals surface area contributed by atoms with Crippen LogP contribution in [0, 0.1) is 63.6 Å². The molecule has 4 fully saturated rings. The van der Waals surface area contributed by atoms with Gasteiger partial charge in [0.15, 0.2) is 0 Å². The van der Waals surface area contributed by atoms with Crippen molar-refractivity contribution in [3.8, 4) is 6.07 Å². The molecule has 0 aromatic carbocycles. The fourth-order valence-corrected chi connectivity index (χ4v) is 10.1. The molecule has 182 valence electrons. The molecule has 1 N–H and O–H groups in total. The number of nitrogens with zero attached hydrogens (tertiary/aromatic N) is 3. The average molecular weight is 452 g/mol. The molecule has 0 amide bonds. The molecule has 1 aromatic heterocycles. The topological polar surface area (TPSA) is 61.8 Å². The van der Waals surface area contributed by atoms with Gasteiger partial charge in [0.25, 0.3) is 0 Å². The van der Waals surface area contributed by atoms with Crippen LogP contribution in [0.5, 0.6) is 0 Å². The van der Waals surface area contributed by atoms with Gasteiger partial charge in [-0.05, 0) is 104 Å². The smallest absolute Gasteiger partial charge is 0.102 e. The molecule has 4 aliphatic rings. The molecule has 5 rings (SSSR count). The van der Waals surface area contributed by atoms with Gasteiger partial charge in [0.2, 0.25) is 0 Å². The molecule has 0 radical (unpaired) electrons. The van der Waals surface area contributed by atoms with Crippen LogP contribution >= 0.6 is 0 Å². The third kappa shape index (κ3) is 3.78. The van der Waals surface area contributed by atoms with Crippen LogP contribution in [-0.4, -0.2) is 21.0 Å². The molecule has 1 heterocycles. The molecule has 4 heteroatoms. The van der Waals surface area contributed by atoms with Crippen molar-refractivity contribution in [3.63, 3.8) is 0 Å². The Hall–Kier alpha value is -1.34. The van der Waals surface area contributed by atoms with Crippen molar-refractivity contribution in [1.29, 1.82) is 5.26 Å². The highest BCUT2D eigenvalue weighted by Crippen LogP contribution is 2.68. The zero-order chi connectivity index (χ0) is 23.4. The Morgan fingerprint density at radius 1 is 1.21 bits per heavy atom. The highest BCUT2D eigenvalue weighted by Gasteiger charge is 2.63. The lowest BCUT2D eigenvalue weighted by atomic mass is 9.43. The summed E-state index contributed by atoms with van der Waals surface area (Å²) in [6, 6.07) is 2.20. The molecule has 33 heavy (non-hydrogen) atoms. The number of fused-ring (bicyclic) bond motifs is 5. The zero-order valence-corrected chi connectivity index (χ0v) is 21.3. The Kier molecular flexibility index (Phi) is 6.17. The van der Waals surface area contributed by atoms with E-state index in [9.17, 15) is 5.11 Å². The van der Waals surface area contributed by atoms with E-state index in [1.165, 1.54) is 57.8 Å². The van der Waals surface area contributed by atoms with Crippen molar-refractivity contribution in [2.75, 3.05) is 0 Å².